The fourth-order valence-corrected chi connectivity index (χ4v) is 5.90. The molecule has 0 fully saturated rings. The first-order valence-corrected chi connectivity index (χ1v) is 14.0. The Labute approximate surface area is 245 Å². The summed E-state index contributed by atoms with van der Waals surface area (Å²) in [6, 6.07) is 35.2. The van der Waals surface area contributed by atoms with Crippen LogP contribution in [-0.4, -0.2) is 39.4 Å². The first kappa shape index (κ1) is 27.0. The zero-order chi connectivity index (χ0) is 29.3. The number of carbonyl (C=O) groups excluding carboxylic acids is 1. The third kappa shape index (κ3) is 4.25. The summed E-state index contributed by atoms with van der Waals surface area (Å²) < 4.78 is 9.90. The zero-order valence-corrected chi connectivity index (χ0v) is 24.2. The summed E-state index contributed by atoms with van der Waals surface area (Å²) in [6.07, 6.45) is 3.74. The van der Waals surface area contributed by atoms with Gasteiger partial charge in [0.2, 0.25) is 5.88 Å². The number of carbonyl (C=O) groups is 1. The summed E-state index contributed by atoms with van der Waals surface area (Å²) >= 11 is 0. The van der Waals surface area contributed by atoms with Crippen molar-refractivity contribution >= 4 is 16.8 Å². The normalized spacial score (nSPS) is 11.6. The average molecular weight is 556 g/mol. The van der Waals surface area contributed by atoms with Gasteiger partial charge in [0.05, 0.1) is 18.0 Å². The van der Waals surface area contributed by atoms with Gasteiger partial charge in [0.25, 0.3) is 5.91 Å². The van der Waals surface area contributed by atoms with Crippen molar-refractivity contribution in [2.75, 3.05) is 14.2 Å². The molecule has 1 N–H and O–H groups in total. The molecule has 0 bridgehead atoms. The molecule has 1 amide bonds. The monoisotopic (exact) mass is 555 g/mol. The summed E-state index contributed by atoms with van der Waals surface area (Å²) in [5.74, 6) is 0.312. The van der Waals surface area contributed by atoms with Crippen LogP contribution in [0.3, 0.4) is 0 Å². The highest BCUT2D eigenvalue weighted by Crippen LogP contribution is 2.45. The lowest BCUT2D eigenvalue weighted by Gasteiger charge is -2.37. The van der Waals surface area contributed by atoms with Gasteiger partial charge in [-0.25, -0.2) is 9.67 Å². The lowest BCUT2D eigenvalue weighted by molar-refractivity contribution is 0.0952. The standard InChI is InChI=1S/C35H33N5O2/c1-24(2)39-23-25(22-30(39)33(41)36-3)32-31-29(20-21-37-34(31)42-4)40(38-32)35(26-14-8-5-9-15-26,27-16-10-6-11-17-27)28-18-12-7-13-19-28/h5-24H,1-4H3,(H,36,41). The SMILES string of the molecule is CNC(=O)c1cc(-c2nn(C(c3ccccc3)(c3ccccc3)c3ccccc3)c3ccnc(OC)c23)cn1C(C)C. The second-order valence-corrected chi connectivity index (χ2v) is 10.5. The number of hydrogen-bond donors (Lipinski definition) is 1. The maximum absolute atomic E-state index is 12.9. The van der Waals surface area contributed by atoms with E-state index < -0.39 is 5.54 Å². The van der Waals surface area contributed by atoms with E-state index in [-0.39, 0.29) is 11.9 Å². The highest BCUT2D eigenvalue weighted by Gasteiger charge is 2.41. The third-order valence-electron chi connectivity index (χ3n) is 7.78. The first-order valence-electron chi connectivity index (χ1n) is 14.0. The van der Waals surface area contributed by atoms with Crippen LogP contribution in [0.2, 0.25) is 0 Å². The number of fused-ring (bicyclic) bond motifs is 1. The quantitative estimate of drug-likeness (QED) is 0.212. The van der Waals surface area contributed by atoms with E-state index in [1.54, 1.807) is 20.4 Å². The molecule has 3 aromatic carbocycles. The molecule has 210 valence electrons. The molecule has 3 aromatic heterocycles. The van der Waals surface area contributed by atoms with E-state index in [9.17, 15) is 4.79 Å². The Bertz CT molecular complexity index is 1740. The summed E-state index contributed by atoms with van der Waals surface area (Å²) in [4.78, 5) is 17.5. The smallest absolute Gasteiger partial charge is 0.267 e. The highest BCUT2D eigenvalue weighted by molar-refractivity contribution is 6.00. The Morgan fingerprint density at radius 2 is 1.40 bits per heavy atom. The van der Waals surface area contributed by atoms with Gasteiger partial charge < -0.3 is 14.6 Å². The van der Waals surface area contributed by atoms with Gasteiger partial charge in [0.1, 0.15) is 16.9 Å². The summed E-state index contributed by atoms with van der Waals surface area (Å²) in [7, 11) is 3.27. The number of pyridine rings is 1. The number of hydrogen-bond acceptors (Lipinski definition) is 4. The van der Waals surface area contributed by atoms with Gasteiger partial charge in [-0.3, -0.25) is 4.79 Å². The lowest BCUT2D eigenvalue weighted by atomic mass is 9.77. The van der Waals surface area contributed by atoms with Gasteiger partial charge in [0.15, 0.2) is 0 Å². The van der Waals surface area contributed by atoms with Gasteiger partial charge >= 0.3 is 0 Å². The van der Waals surface area contributed by atoms with Gasteiger partial charge in [0, 0.05) is 31.0 Å². The Morgan fingerprint density at radius 1 is 0.857 bits per heavy atom. The molecule has 0 aliphatic rings. The molecule has 3 heterocycles. The molecular weight excluding hydrogens is 522 g/mol. The Balaban J connectivity index is 1.77. The van der Waals surface area contributed by atoms with Crippen LogP contribution in [0.25, 0.3) is 22.2 Å². The van der Waals surface area contributed by atoms with Crippen LogP contribution in [0.4, 0.5) is 0 Å². The van der Waals surface area contributed by atoms with Gasteiger partial charge in [-0.1, -0.05) is 91.0 Å². The van der Waals surface area contributed by atoms with E-state index in [1.807, 2.05) is 41.1 Å². The molecule has 7 heteroatoms. The highest BCUT2D eigenvalue weighted by atomic mass is 16.5. The van der Waals surface area contributed by atoms with Crippen LogP contribution in [0.5, 0.6) is 5.88 Å². The van der Waals surface area contributed by atoms with Crippen molar-refractivity contribution in [1.82, 2.24) is 24.6 Å². The second kappa shape index (κ2) is 11.0. The molecule has 0 aliphatic carbocycles. The maximum Gasteiger partial charge on any atom is 0.267 e. The number of amides is 1. The van der Waals surface area contributed by atoms with E-state index >= 15 is 0 Å². The second-order valence-electron chi connectivity index (χ2n) is 10.5. The molecule has 0 saturated carbocycles. The molecule has 6 aromatic rings. The molecule has 6 rings (SSSR count). The fraction of sp³-hybridized carbons (Fsp3) is 0.171. The number of benzene rings is 3. The topological polar surface area (TPSA) is 74.0 Å². The molecule has 0 aliphatic heterocycles. The fourth-order valence-electron chi connectivity index (χ4n) is 5.90. The zero-order valence-electron chi connectivity index (χ0n) is 24.2. The number of nitrogens with one attached hydrogen (secondary N) is 1. The molecular formula is C35H33N5O2. The largest absolute Gasteiger partial charge is 0.480 e. The predicted octanol–water partition coefficient (Wildman–Crippen LogP) is 6.69. The van der Waals surface area contributed by atoms with Gasteiger partial charge in [-0.05, 0) is 42.7 Å². The van der Waals surface area contributed by atoms with Crippen LogP contribution in [0.1, 0.15) is 47.1 Å². The molecule has 42 heavy (non-hydrogen) atoms. The molecule has 7 nitrogen and oxygen atoms in total. The van der Waals surface area contributed by atoms with Crippen LogP contribution in [0.15, 0.2) is 116 Å². The summed E-state index contributed by atoms with van der Waals surface area (Å²) in [5.41, 5.74) is 5.24. The first-order chi connectivity index (χ1) is 20.5. The minimum atomic E-state index is -0.836. The van der Waals surface area contributed by atoms with Crippen molar-refractivity contribution in [2.24, 2.45) is 0 Å². The van der Waals surface area contributed by atoms with E-state index in [2.05, 4.69) is 102 Å². The number of nitrogens with zero attached hydrogens (tertiary/aromatic N) is 4. The van der Waals surface area contributed by atoms with Crippen LogP contribution in [-0.2, 0) is 5.54 Å². The maximum atomic E-state index is 12.9. The summed E-state index contributed by atoms with van der Waals surface area (Å²) in [6.45, 7) is 4.11. The van der Waals surface area contributed by atoms with Gasteiger partial charge in [-0.2, -0.15) is 5.10 Å². The van der Waals surface area contributed by atoms with Crippen LogP contribution in [0, 0.1) is 0 Å². The van der Waals surface area contributed by atoms with Crippen LogP contribution >= 0.6 is 0 Å². The minimum absolute atomic E-state index is 0.0662. The van der Waals surface area contributed by atoms with E-state index in [4.69, 9.17) is 9.84 Å². The van der Waals surface area contributed by atoms with Gasteiger partial charge in [-0.15, -0.1) is 0 Å². The molecule has 0 atom stereocenters. The molecule has 0 spiro atoms. The number of ether oxygens (including phenoxy) is 1. The van der Waals surface area contributed by atoms with E-state index in [1.165, 1.54) is 0 Å². The molecule has 0 unspecified atom stereocenters. The van der Waals surface area contributed by atoms with E-state index in [0.717, 1.165) is 33.2 Å². The van der Waals surface area contributed by atoms with Crippen molar-refractivity contribution < 1.29 is 9.53 Å². The molecule has 0 saturated heterocycles. The van der Waals surface area contributed by atoms with Crippen molar-refractivity contribution in [3.8, 4) is 17.1 Å². The van der Waals surface area contributed by atoms with E-state index in [0.29, 0.717) is 17.3 Å². The summed E-state index contributed by atoms with van der Waals surface area (Å²) in [5, 5.41) is 8.97. The van der Waals surface area contributed by atoms with Crippen molar-refractivity contribution in [3.05, 3.63) is 138 Å². The average Bonchev–Trinajstić information content (AvgIpc) is 3.66. The Morgan fingerprint density at radius 3 is 1.88 bits per heavy atom. The van der Waals surface area contributed by atoms with Crippen molar-refractivity contribution in [2.45, 2.75) is 25.4 Å². The number of aromatic nitrogens is 4. The minimum Gasteiger partial charge on any atom is -0.480 e. The Kier molecular flexibility index (Phi) is 7.08. The lowest BCUT2D eigenvalue weighted by Crippen LogP contribution is -2.38. The predicted molar refractivity (Wildman–Crippen MR) is 166 cm³/mol. The van der Waals surface area contributed by atoms with Crippen molar-refractivity contribution in [3.63, 3.8) is 0 Å². The number of rotatable bonds is 8. The molecule has 0 radical (unpaired) electrons. The van der Waals surface area contributed by atoms with Crippen molar-refractivity contribution in [1.29, 1.82) is 0 Å². The third-order valence-corrected chi connectivity index (χ3v) is 7.78. The van der Waals surface area contributed by atoms with Crippen LogP contribution < -0.4 is 10.1 Å². The Hall–Kier alpha value is -5.17. The number of methoxy groups -OCH3 is 1.